The molecule has 0 amide bonds. The molecule has 0 atom stereocenters. The molecule has 2 aromatic heterocycles. The van der Waals surface area contributed by atoms with Gasteiger partial charge in [-0.3, -0.25) is 4.79 Å². The number of fused-ring (bicyclic) bond motifs is 2. The van der Waals surface area contributed by atoms with E-state index in [1.165, 1.54) is 18.4 Å². The minimum Gasteiger partial charge on any atom is -0.461 e. The number of benzene rings is 3. The topological polar surface area (TPSA) is 86.7 Å². The lowest BCUT2D eigenvalue weighted by atomic mass is 10.1. The smallest absolute Gasteiger partial charge is 0.339 e. The molecule has 2 heterocycles. The largest absolute Gasteiger partial charge is 0.461 e. The zero-order valence-electron chi connectivity index (χ0n) is 16.4. The van der Waals surface area contributed by atoms with E-state index in [1.807, 2.05) is 25.1 Å². The first-order valence-corrected chi connectivity index (χ1v) is 10.9. The number of hydrogen-bond donors (Lipinski definition) is 0. The van der Waals surface area contributed by atoms with Crippen LogP contribution in [0, 0.1) is 6.92 Å². The van der Waals surface area contributed by atoms with Gasteiger partial charge < -0.3 is 13.0 Å². The van der Waals surface area contributed by atoms with Crippen molar-refractivity contribution in [2.75, 3.05) is 0 Å². The van der Waals surface area contributed by atoms with Crippen molar-refractivity contribution in [1.82, 2.24) is 0 Å². The van der Waals surface area contributed by atoms with E-state index in [4.69, 9.17) is 13.0 Å². The van der Waals surface area contributed by atoms with Crippen molar-refractivity contribution in [2.24, 2.45) is 0 Å². The van der Waals surface area contributed by atoms with E-state index in [0.717, 1.165) is 16.3 Å². The molecule has 5 rings (SSSR count). The van der Waals surface area contributed by atoms with Crippen molar-refractivity contribution in [1.29, 1.82) is 0 Å². The lowest BCUT2D eigenvalue weighted by Crippen LogP contribution is -2.17. The highest BCUT2D eigenvalue weighted by atomic mass is 32.2. The predicted octanol–water partition coefficient (Wildman–Crippen LogP) is 5.28. The summed E-state index contributed by atoms with van der Waals surface area (Å²) in [6, 6.07) is 20.2. The van der Waals surface area contributed by atoms with E-state index in [0.29, 0.717) is 5.58 Å². The van der Waals surface area contributed by atoms with Gasteiger partial charge in [0.25, 0.3) is 0 Å². The highest BCUT2D eigenvalue weighted by Gasteiger charge is 2.26. The molecule has 5 aromatic rings. The van der Waals surface area contributed by atoms with Gasteiger partial charge in [-0.25, -0.2) is 0 Å². The summed E-state index contributed by atoms with van der Waals surface area (Å²) in [4.78, 5) is 13.2. The van der Waals surface area contributed by atoms with Crippen LogP contribution in [0.15, 0.2) is 97.6 Å². The van der Waals surface area contributed by atoms with Gasteiger partial charge >= 0.3 is 10.1 Å². The molecule has 0 unspecified atom stereocenters. The first kappa shape index (κ1) is 19.1. The SMILES string of the molecule is Cc1ccc2oc(-c3ccco3)c(OS(=O)(=O)c3ccc4ccccc4c3)c(=O)c2c1. The second kappa shape index (κ2) is 7.14. The van der Waals surface area contributed by atoms with Crippen LogP contribution < -0.4 is 9.61 Å². The summed E-state index contributed by atoms with van der Waals surface area (Å²) in [5, 5.41) is 1.84. The molecule has 0 aliphatic rings. The number of rotatable bonds is 4. The van der Waals surface area contributed by atoms with Crippen molar-refractivity contribution in [3.63, 3.8) is 0 Å². The Hall–Kier alpha value is -3.84. The normalized spacial score (nSPS) is 11.8. The van der Waals surface area contributed by atoms with E-state index in [2.05, 4.69) is 0 Å². The maximum Gasteiger partial charge on any atom is 0.339 e. The van der Waals surface area contributed by atoms with E-state index >= 15 is 0 Å². The summed E-state index contributed by atoms with van der Waals surface area (Å²) in [6.45, 7) is 1.83. The molecule has 0 spiro atoms. The van der Waals surface area contributed by atoms with Crippen LogP contribution in [0.25, 0.3) is 33.3 Å². The van der Waals surface area contributed by atoms with Crippen molar-refractivity contribution >= 4 is 31.9 Å². The minimum atomic E-state index is -4.32. The fraction of sp³-hybridized carbons (Fsp3) is 0.0417. The Kier molecular flexibility index (Phi) is 4.41. The van der Waals surface area contributed by atoms with Crippen LogP contribution in [-0.2, 0) is 10.1 Å². The quantitative estimate of drug-likeness (QED) is 0.359. The molecule has 31 heavy (non-hydrogen) atoms. The number of furan rings is 1. The first-order valence-electron chi connectivity index (χ1n) is 9.47. The van der Waals surface area contributed by atoms with Gasteiger partial charge in [-0.05, 0) is 54.1 Å². The van der Waals surface area contributed by atoms with Gasteiger partial charge in [0, 0.05) is 0 Å². The molecule has 0 saturated heterocycles. The Morgan fingerprint density at radius 1 is 0.871 bits per heavy atom. The molecule has 0 radical (unpaired) electrons. The van der Waals surface area contributed by atoms with Crippen molar-refractivity contribution in [2.45, 2.75) is 11.8 Å². The Bertz CT molecular complexity index is 1600. The van der Waals surface area contributed by atoms with Crippen molar-refractivity contribution in [3.8, 4) is 17.3 Å². The molecule has 3 aromatic carbocycles. The van der Waals surface area contributed by atoms with E-state index in [9.17, 15) is 13.2 Å². The molecule has 0 fully saturated rings. The zero-order chi connectivity index (χ0) is 21.6. The van der Waals surface area contributed by atoms with E-state index in [1.54, 1.807) is 42.5 Å². The molecule has 6 nitrogen and oxygen atoms in total. The third kappa shape index (κ3) is 3.39. The maximum absolute atomic E-state index is 13.2. The molecule has 0 N–H and O–H groups in total. The molecule has 0 aliphatic carbocycles. The van der Waals surface area contributed by atoms with Crippen LogP contribution in [0.3, 0.4) is 0 Å². The number of hydrogen-bond acceptors (Lipinski definition) is 6. The Labute approximate surface area is 177 Å². The minimum absolute atomic E-state index is 0.0691. The molecular formula is C24H16O6S. The fourth-order valence-corrected chi connectivity index (χ4v) is 4.39. The lowest BCUT2D eigenvalue weighted by molar-refractivity contribution is 0.464. The van der Waals surface area contributed by atoms with Crippen molar-refractivity contribution in [3.05, 3.63) is 94.8 Å². The van der Waals surface area contributed by atoms with Gasteiger partial charge in [-0.2, -0.15) is 8.42 Å². The third-order valence-electron chi connectivity index (χ3n) is 4.95. The Morgan fingerprint density at radius 3 is 2.45 bits per heavy atom. The summed E-state index contributed by atoms with van der Waals surface area (Å²) < 4.78 is 42.8. The second-order valence-corrected chi connectivity index (χ2v) is 8.66. The average Bonchev–Trinajstić information content (AvgIpc) is 3.30. The molecular weight excluding hydrogens is 416 g/mol. The van der Waals surface area contributed by atoms with Crippen LogP contribution in [0.5, 0.6) is 5.75 Å². The van der Waals surface area contributed by atoms with Gasteiger partial charge in [-0.1, -0.05) is 42.0 Å². The summed E-state index contributed by atoms with van der Waals surface area (Å²) in [5.74, 6) is -0.347. The fourth-order valence-electron chi connectivity index (χ4n) is 3.42. The molecule has 0 saturated carbocycles. The Balaban J connectivity index is 1.70. The summed E-state index contributed by atoms with van der Waals surface area (Å²) in [7, 11) is -4.32. The Morgan fingerprint density at radius 2 is 1.68 bits per heavy atom. The first-order chi connectivity index (χ1) is 14.9. The molecule has 154 valence electrons. The highest BCUT2D eigenvalue weighted by molar-refractivity contribution is 7.87. The van der Waals surface area contributed by atoms with Crippen LogP contribution >= 0.6 is 0 Å². The second-order valence-electron chi connectivity index (χ2n) is 7.11. The zero-order valence-corrected chi connectivity index (χ0v) is 17.2. The van der Waals surface area contributed by atoms with Crippen LogP contribution in [0.2, 0.25) is 0 Å². The highest BCUT2D eigenvalue weighted by Crippen LogP contribution is 2.33. The number of aryl methyl sites for hydroxylation is 1. The van der Waals surface area contributed by atoms with Gasteiger partial charge in [0.2, 0.25) is 16.9 Å². The van der Waals surface area contributed by atoms with Crippen LogP contribution in [0.1, 0.15) is 5.56 Å². The van der Waals surface area contributed by atoms with Gasteiger partial charge in [0.1, 0.15) is 10.5 Å². The summed E-state index contributed by atoms with van der Waals surface area (Å²) >= 11 is 0. The summed E-state index contributed by atoms with van der Waals surface area (Å²) in [5.41, 5.74) is 0.534. The average molecular weight is 432 g/mol. The molecule has 7 heteroatoms. The molecule has 0 aliphatic heterocycles. The van der Waals surface area contributed by atoms with Gasteiger partial charge in [0.15, 0.2) is 5.76 Å². The van der Waals surface area contributed by atoms with Crippen LogP contribution in [0.4, 0.5) is 0 Å². The van der Waals surface area contributed by atoms with Gasteiger partial charge in [-0.15, -0.1) is 0 Å². The lowest BCUT2D eigenvalue weighted by Gasteiger charge is -2.11. The van der Waals surface area contributed by atoms with E-state index in [-0.39, 0.29) is 21.8 Å². The van der Waals surface area contributed by atoms with Gasteiger partial charge in [0.05, 0.1) is 11.6 Å². The standard InChI is InChI=1S/C24H16O6S/c1-15-8-11-20-19(13-15)22(25)24(23(29-20)21-7-4-12-28-21)30-31(26,27)18-10-9-16-5-2-3-6-17(16)14-18/h2-14H,1H3. The monoisotopic (exact) mass is 432 g/mol. The van der Waals surface area contributed by atoms with Crippen LogP contribution in [-0.4, -0.2) is 8.42 Å². The van der Waals surface area contributed by atoms with E-state index < -0.39 is 21.3 Å². The predicted molar refractivity (Wildman–Crippen MR) is 117 cm³/mol. The molecule has 0 bridgehead atoms. The summed E-state index contributed by atoms with van der Waals surface area (Å²) in [6.07, 6.45) is 1.40. The third-order valence-corrected chi connectivity index (χ3v) is 6.17. The van der Waals surface area contributed by atoms with Crippen molar-refractivity contribution < 1.29 is 21.4 Å². The maximum atomic E-state index is 13.2.